The van der Waals surface area contributed by atoms with Crippen LogP contribution in [0.4, 0.5) is 68.8 Å². The molecule has 0 saturated heterocycles. The highest BCUT2D eigenvalue weighted by atomic mass is 32.2. The lowest BCUT2D eigenvalue weighted by Crippen LogP contribution is -2.03. The molecule has 0 amide bonds. The van der Waals surface area contributed by atoms with E-state index in [-0.39, 0.29) is 38.4 Å². The van der Waals surface area contributed by atoms with Crippen molar-refractivity contribution >= 4 is 111 Å². The number of aromatic nitrogens is 3. The van der Waals surface area contributed by atoms with Crippen LogP contribution in [-0.4, -0.2) is 46.0 Å². The van der Waals surface area contributed by atoms with E-state index in [4.69, 9.17) is 0 Å². The zero-order valence-corrected chi connectivity index (χ0v) is 37.0. The smallest absolute Gasteiger partial charge is 0.320 e. The molecule has 8 aromatic carbocycles. The van der Waals surface area contributed by atoms with Gasteiger partial charge in [-0.2, -0.15) is 52.2 Å². The third kappa shape index (κ3) is 11.1. The Balaban J connectivity index is 0.858. The lowest BCUT2D eigenvalue weighted by atomic mass is 10.1. The highest BCUT2D eigenvalue weighted by Gasteiger charge is 2.15. The zero-order chi connectivity index (χ0) is 48.0. The number of rotatable bonds is 14. The quantitative estimate of drug-likeness (QED) is 0.0502. The molecule has 0 atom stereocenters. The van der Waals surface area contributed by atoms with Crippen molar-refractivity contribution in [2.75, 3.05) is 10.6 Å². The summed E-state index contributed by atoms with van der Waals surface area (Å²) in [5.74, 6) is 0.117. The van der Waals surface area contributed by atoms with Crippen molar-refractivity contribution in [3.63, 3.8) is 0 Å². The Labute approximate surface area is 392 Å². The van der Waals surface area contributed by atoms with E-state index in [1.165, 1.54) is 36.4 Å². The van der Waals surface area contributed by atoms with Crippen molar-refractivity contribution in [3.8, 4) is 6.01 Å². The minimum absolute atomic E-state index is 0.0488. The molecule has 0 aliphatic rings. The molecule has 0 aliphatic carbocycles. The summed E-state index contributed by atoms with van der Waals surface area (Å²) in [6.45, 7) is 0. The molecular weight excluding hydrogens is 923 g/mol. The molecule has 69 heavy (non-hydrogen) atoms. The number of anilines is 4. The topological polar surface area (TPSA) is 291 Å². The Bertz CT molecular complexity index is 3730. The highest BCUT2D eigenvalue weighted by Crippen LogP contribution is 2.38. The van der Waals surface area contributed by atoms with Gasteiger partial charge in [0.15, 0.2) is 0 Å². The Kier molecular flexibility index (Phi) is 12.7. The molecule has 1 aromatic heterocycles. The molecule has 9 aromatic rings. The molecule has 1 heterocycles. The number of aromatic hydroxyl groups is 1. The van der Waals surface area contributed by atoms with Gasteiger partial charge in [-0.3, -0.25) is 9.11 Å². The van der Waals surface area contributed by atoms with Crippen molar-refractivity contribution in [3.05, 3.63) is 170 Å². The molecule has 9 rings (SSSR count). The van der Waals surface area contributed by atoms with Crippen LogP contribution in [0.1, 0.15) is 0 Å². The van der Waals surface area contributed by atoms with Gasteiger partial charge in [0.05, 0.1) is 55.3 Å². The fourth-order valence-corrected chi connectivity index (χ4v) is 7.64. The average molecular weight is 956 g/mol. The van der Waals surface area contributed by atoms with Gasteiger partial charge in [0.2, 0.25) is 11.9 Å². The first-order chi connectivity index (χ1) is 33.3. The molecule has 340 valence electrons. The second kappa shape index (κ2) is 19.4. The summed E-state index contributed by atoms with van der Waals surface area (Å²) in [6, 6.07) is 46.2. The summed E-state index contributed by atoms with van der Waals surface area (Å²) in [6.07, 6.45) is 0. The zero-order valence-electron chi connectivity index (χ0n) is 35.4. The monoisotopic (exact) mass is 955 g/mol. The predicted octanol–water partition coefficient (Wildman–Crippen LogP) is 13.5. The molecule has 0 fully saturated rings. The second-order valence-corrected chi connectivity index (χ2v) is 17.5. The van der Waals surface area contributed by atoms with E-state index in [0.29, 0.717) is 45.2 Å². The van der Waals surface area contributed by atoms with Crippen molar-refractivity contribution < 1.29 is 31.0 Å². The lowest BCUT2D eigenvalue weighted by Gasteiger charge is -2.09. The first kappa shape index (κ1) is 45.1. The van der Waals surface area contributed by atoms with E-state index in [2.05, 4.69) is 66.5 Å². The van der Waals surface area contributed by atoms with E-state index < -0.39 is 26.2 Å². The molecule has 0 saturated carbocycles. The number of fused-ring (bicyclic) bond motifs is 2. The number of hydrogen-bond acceptors (Lipinski definition) is 18. The highest BCUT2D eigenvalue weighted by molar-refractivity contribution is 7.86. The standard InChI is InChI=1S/C47H33N13O7S2/c61-47-51-45(48-29-10-14-32(15-11-29)54-58-42-25-24-41(37-8-4-5-9-38(37)42)57-53-31-6-2-1-3-7-31)50-46(52-47)49-30-12-16-33(17-13-30)55-59-43-26-27-44(40-28-36(69(65,66)67)22-23-39(40)43)60-56-34-18-20-35(21-19-34)68(62,63)64/h1-28H,(H,62,63,64)(H,65,66,67)(H3,48,49,50,51,52,61). The lowest BCUT2D eigenvalue weighted by molar-refractivity contribution is 0.430. The van der Waals surface area contributed by atoms with Gasteiger partial charge in [-0.15, -0.1) is 20.5 Å². The second-order valence-electron chi connectivity index (χ2n) is 14.7. The molecule has 0 unspecified atom stereocenters. The van der Waals surface area contributed by atoms with Crippen LogP contribution in [-0.2, 0) is 20.2 Å². The number of hydrogen-bond donors (Lipinski definition) is 5. The van der Waals surface area contributed by atoms with Crippen LogP contribution in [0.3, 0.4) is 0 Å². The summed E-state index contributed by atoms with van der Waals surface area (Å²) < 4.78 is 65.8. The van der Waals surface area contributed by atoms with E-state index in [1.807, 2.05) is 66.7 Å². The Morgan fingerprint density at radius 3 is 1.16 bits per heavy atom. The molecule has 20 nitrogen and oxygen atoms in total. The van der Waals surface area contributed by atoms with Crippen LogP contribution in [0.5, 0.6) is 6.01 Å². The van der Waals surface area contributed by atoms with Crippen molar-refractivity contribution in [1.82, 2.24) is 15.0 Å². The molecular formula is C47H33N13O7S2. The summed E-state index contributed by atoms with van der Waals surface area (Å²) in [5.41, 5.74) is 5.10. The normalized spacial score (nSPS) is 12.3. The van der Waals surface area contributed by atoms with Gasteiger partial charge in [0.1, 0.15) is 0 Å². The maximum Gasteiger partial charge on any atom is 0.320 e. The van der Waals surface area contributed by atoms with Gasteiger partial charge in [-0.1, -0.05) is 48.5 Å². The number of benzene rings is 8. The van der Waals surface area contributed by atoms with Crippen LogP contribution in [0.25, 0.3) is 21.5 Å². The summed E-state index contributed by atoms with van der Waals surface area (Å²) >= 11 is 0. The Hall–Kier alpha value is -9.09. The maximum atomic E-state index is 12.0. The number of nitrogens with zero attached hydrogens (tertiary/aromatic N) is 11. The van der Waals surface area contributed by atoms with E-state index in [1.54, 1.807) is 54.6 Å². The SMILES string of the molecule is O=S(=O)(O)c1ccc(N=Nc2ccc(N=Nc3ccc(Nc4nc(O)nc(Nc5ccc(N=Nc6ccc(N=Nc7ccccc7)c7ccccc67)cc5)n4)cc3)c3ccc(S(=O)(=O)O)cc23)cc1. The van der Waals surface area contributed by atoms with Gasteiger partial charge in [0, 0.05) is 32.9 Å². The molecule has 22 heteroatoms. The first-order valence-corrected chi connectivity index (χ1v) is 23.2. The number of azo groups is 4. The summed E-state index contributed by atoms with van der Waals surface area (Å²) in [5, 5.41) is 53.7. The van der Waals surface area contributed by atoms with Gasteiger partial charge in [-0.05, 0) is 121 Å². The van der Waals surface area contributed by atoms with E-state index >= 15 is 0 Å². The van der Waals surface area contributed by atoms with Crippen LogP contribution in [0, 0.1) is 0 Å². The fraction of sp³-hybridized carbons (Fsp3) is 0. The fourth-order valence-electron chi connectivity index (χ4n) is 6.66. The molecule has 5 N–H and O–H groups in total. The third-order valence-corrected chi connectivity index (χ3v) is 11.7. The Morgan fingerprint density at radius 2 is 0.725 bits per heavy atom. The average Bonchev–Trinajstić information content (AvgIpc) is 3.34. The minimum Gasteiger partial charge on any atom is -0.479 e. The van der Waals surface area contributed by atoms with Crippen molar-refractivity contribution in [1.29, 1.82) is 0 Å². The van der Waals surface area contributed by atoms with Gasteiger partial charge in [0.25, 0.3) is 20.2 Å². The number of nitrogens with one attached hydrogen (secondary N) is 2. The van der Waals surface area contributed by atoms with E-state index in [0.717, 1.165) is 28.6 Å². The molecule has 0 aliphatic heterocycles. The van der Waals surface area contributed by atoms with Crippen LogP contribution in [0.15, 0.2) is 221 Å². The van der Waals surface area contributed by atoms with Gasteiger partial charge >= 0.3 is 6.01 Å². The van der Waals surface area contributed by atoms with Gasteiger partial charge < -0.3 is 15.7 Å². The van der Waals surface area contributed by atoms with Crippen molar-refractivity contribution in [2.45, 2.75) is 9.79 Å². The predicted molar refractivity (Wildman–Crippen MR) is 258 cm³/mol. The maximum absolute atomic E-state index is 12.0. The summed E-state index contributed by atoms with van der Waals surface area (Å²) in [7, 11) is -8.99. The third-order valence-electron chi connectivity index (χ3n) is 9.97. The van der Waals surface area contributed by atoms with Crippen LogP contribution >= 0.6 is 0 Å². The van der Waals surface area contributed by atoms with Crippen LogP contribution < -0.4 is 10.6 Å². The first-order valence-electron chi connectivity index (χ1n) is 20.4. The molecule has 0 spiro atoms. The minimum atomic E-state index is -4.59. The van der Waals surface area contributed by atoms with E-state index in [9.17, 15) is 31.0 Å². The largest absolute Gasteiger partial charge is 0.479 e. The summed E-state index contributed by atoms with van der Waals surface area (Å²) in [4.78, 5) is 11.7. The van der Waals surface area contributed by atoms with Crippen molar-refractivity contribution in [2.24, 2.45) is 40.9 Å². The Morgan fingerprint density at radius 1 is 0.362 bits per heavy atom. The van der Waals surface area contributed by atoms with Gasteiger partial charge in [-0.25, -0.2) is 0 Å². The molecule has 0 radical (unpaired) electrons. The van der Waals surface area contributed by atoms with Crippen LogP contribution in [0.2, 0.25) is 0 Å². The molecule has 0 bridgehead atoms.